The summed E-state index contributed by atoms with van der Waals surface area (Å²) in [5, 5.41) is 5.43. The monoisotopic (exact) mass is 414 g/mol. The minimum absolute atomic E-state index is 0.0564. The van der Waals surface area contributed by atoms with Crippen molar-refractivity contribution in [1.29, 1.82) is 0 Å². The van der Waals surface area contributed by atoms with Crippen LogP contribution in [0.25, 0.3) is 16.6 Å². The summed E-state index contributed by atoms with van der Waals surface area (Å²) >= 11 is 0. The van der Waals surface area contributed by atoms with Gasteiger partial charge in [-0.05, 0) is 54.4 Å². The summed E-state index contributed by atoms with van der Waals surface area (Å²) in [5.41, 5.74) is 9.63. The molecule has 1 fully saturated rings. The average molecular weight is 414 g/mol. The molecular weight excluding hydrogens is 391 g/mol. The van der Waals surface area contributed by atoms with Crippen LogP contribution in [0.2, 0.25) is 0 Å². The zero-order chi connectivity index (χ0) is 21.6. The quantitative estimate of drug-likeness (QED) is 0.546. The molecule has 1 amide bonds. The van der Waals surface area contributed by atoms with Gasteiger partial charge >= 0.3 is 0 Å². The van der Waals surface area contributed by atoms with Crippen molar-refractivity contribution in [2.75, 3.05) is 0 Å². The Morgan fingerprint density at radius 2 is 1.84 bits per heavy atom. The number of nitrogens with zero attached hydrogens (tertiary/aromatic N) is 3. The van der Waals surface area contributed by atoms with E-state index in [1.165, 1.54) is 12.1 Å². The topological polar surface area (TPSA) is 64.2 Å². The molecule has 156 valence electrons. The van der Waals surface area contributed by atoms with E-state index < -0.39 is 5.54 Å². The molecule has 1 saturated heterocycles. The maximum Gasteiger partial charge on any atom is 0.225 e. The first-order chi connectivity index (χ1) is 15.0. The van der Waals surface area contributed by atoms with Crippen molar-refractivity contribution in [3.8, 4) is 5.69 Å². The SMILES string of the molecule is C[C@@]1(c2ccc3c(cnn3-c3ccc(F)cc3)c2)[C@@H](N)CC(=O)N1Cc1ccccc1. The van der Waals surface area contributed by atoms with Gasteiger partial charge in [0.1, 0.15) is 5.82 Å². The molecule has 4 aromatic rings. The van der Waals surface area contributed by atoms with Gasteiger partial charge in [0.2, 0.25) is 5.91 Å². The highest BCUT2D eigenvalue weighted by atomic mass is 19.1. The summed E-state index contributed by atoms with van der Waals surface area (Å²) < 4.78 is 15.1. The van der Waals surface area contributed by atoms with Gasteiger partial charge in [-0.2, -0.15) is 5.10 Å². The van der Waals surface area contributed by atoms with Crippen LogP contribution in [0.5, 0.6) is 0 Å². The standard InChI is InChI=1S/C25H23FN4O/c1-25(23(27)14-24(31)29(25)16-17-5-3-2-4-6-17)19-7-12-22-18(13-19)15-28-30(22)21-10-8-20(26)9-11-21/h2-13,15,23H,14,16,27H2,1H3/t23-,25+/m0/s1. The molecule has 6 heteroatoms. The van der Waals surface area contributed by atoms with Gasteiger partial charge in [0, 0.05) is 24.4 Å². The zero-order valence-electron chi connectivity index (χ0n) is 17.2. The molecule has 5 nitrogen and oxygen atoms in total. The predicted molar refractivity (Wildman–Crippen MR) is 118 cm³/mol. The minimum atomic E-state index is -0.626. The molecule has 1 aliphatic rings. The Morgan fingerprint density at radius 3 is 2.58 bits per heavy atom. The number of nitrogens with two attached hydrogens (primary N) is 1. The Bertz CT molecular complexity index is 1250. The van der Waals surface area contributed by atoms with E-state index in [4.69, 9.17) is 5.73 Å². The predicted octanol–water partition coefficient (Wildman–Crippen LogP) is 4.14. The Hall–Kier alpha value is -3.51. The second-order valence-corrected chi connectivity index (χ2v) is 8.23. The number of amides is 1. The van der Waals surface area contributed by atoms with Crippen LogP contribution >= 0.6 is 0 Å². The van der Waals surface area contributed by atoms with Crippen molar-refractivity contribution in [2.24, 2.45) is 5.73 Å². The van der Waals surface area contributed by atoms with Crippen LogP contribution < -0.4 is 5.73 Å². The highest BCUT2D eigenvalue weighted by Gasteiger charge is 2.48. The molecule has 31 heavy (non-hydrogen) atoms. The van der Waals surface area contributed by atoms with Crippen LogP contribution in [0.1, 0.15) is 24.5 Å². The Kier molecular flexibility index (Phi) is 4.59. The fourth-order valence-electron chi connectivity index (χ4n) is 4.48. The van der Waals surface area contributed by atoms with Gasteiger partial charge in [-0.3, -0.25) is 4.79 Å². The number of halogens is 1. The molecule has 0 bridgehead atoms. The fraction of sp³-hybridized carbons (Fsp3) is 0.200. The van der Waals surface area contributed by atoms with Gasteiger partial charge in [-0.15, -0.1) is 0 Å². The number of rotatable bonds is 4. The van der Waals surface area contributed by atoms with Crippen LogP contribution in [0.3, 0.4) is 0 Å². The molecule has 2 heterocycles. The van der Waals surface area contributed by atoms with Gasteiger partial charge < -0.3 is 10.6 Å². The van der Waals surface area contributed by atoms with Crippen molar-refractivity contribution in [1.82, 2.24) is 14.7 Å². The van der Waals surface area contributed by atoms with Gasteiger partial charge in [0.25, 0.3) is 0 Å². The van der Waals surface area contributed by atoms with Crippen molar-refractivity contribution < 1.29 is 9.18 Å². The molecule has 1 aliphatic heterocycles. The van der Waals surface area contributed by atoms with E-state index in [0.29, 0.717) is 13.0 Å². The maximum absolute atomic E-state index is 13.3. The number of likely N-dealkylation sites (tertiary alicyclic amines) is 1. The fourth-order valence-corrected chi connectivity index (χ4v) is 4.48. The largest absolute Gasteiger partial charge is 0.327 e. The molecule has 0 aliphatic carbocycles. The molecular formula is C25H23FN4O. The zero-order valence-corrected chi connectivity index (χ0v) is 17.2. The van der Waals surface area contributed by atoms with E-state index in [-0.39, 0.29) is 17.8 Å². The Balaban J connectivity index is 1.55. The van der Waals surface area contributed by atoms with Gasteiger partial charge in [0.15, 0.2) is 0 Å². The van der Waals surface area contributed by atoms with Crippen molar-refractivity contribution in [3.63, 3.8) is 0 Å². The summed E-state index contributed by atoms with van der Waals surface area (Å²) in [6.45, 7) is 2.55. The molecule has 1 aromatic heterocycles. The summed E-state index contributed by atoms with van der Waals surface area (Å²) in [6.07, 6.45) is 2.10. The number of carbonyl (C=O) groups excluding carboxylic acids is 1. The maximum atomic E-state index is 13.3. The van der Waals surface area contributed by atoms with E-state index in [1.807, 2.05) is 54.3 Å². The lowest BCUT2D eigenvalue weighted by Crippen LogP contribution is -2.49. The summed E-state index contributed by atoms with van der Waals surface area (Å²) in [7, 11) is 0. The third kappa shape index (κ3) is 3.20. The second kappa shape index (κ2) is 7.32. The molecule has 3 aromatic carbocycles. The third-order valence-corrected chi connectivity index (χ3v) is 6.39. The van der Waals surface area contributed by atoms with Crippen molar-refractivity contribution in [3.05, 3.63) is 95.9 Å². The van der Waals surface area contributed by atoms with Crippen molar-refractivity contribution in [2.45, 2.75) is 31.5 Å². The average Bonchev–Trinajstić information content (AvgIpc) is 3.29. The van der Waals surface area contributed by atoms with Gasteiger partial charge in [0.05, 0.1) is 22.9 Å². The number of carbonyl (C=O) groups is 1. The van der Waals surface area contributed by atoms with Crippen LogP contribution in [-0.4, -0.2) is 26.6 Å². The van der Waals surface area contributed by atoms with Gasteiger partial charge in [-0.1, -0.05) is 36.4 Å². The number of aromatic nitrogens is 2. The highest BCUT2D eigenvalue weighted by molar-refractivity contribution is 5.84. The molecule has 0 radical (unpaired) electrons. The first kappa shape index (κ1) is 19.5. The van der Waals surface area contributed by atoms with E-state index in [9.17, 15) is 9.18 Å². The lowest BCUT2D eigenvalue weighted by atomic mass is 9.85. The number of fused-ring (bicyclic) bond motifs is 1. The first-order valence-corrected chi connectivity index (χ1v) is 10.3. The van der Waals surface area contributed by atoms with Crippen molar-refractivity contribution >= 4 is 16.8 Å². The van der Waals surface area contributed by atoms with E-state index in [1.54, 1.807) is 23.0 Å². The summed E-state index contributed by atoms with van der Waals surface area (Å²) in [6, 6.07) is 21.9. The highest BCUT2D eigenvalue weighted by Crippen LogP contribution is 2.40. The third-order valence-electron chi connectivity index (χ3n) is 6.39. The Morgan fingerprint density at radius 1 is 1.10 bits per heavy atom. The van der Waals surface area contributed by atoms with Crippen LogP contribution in [-0.2, 0) is 16.9 Å². The normalized spacial score (nSPS) is 21.2. The lowest BCUT2D eigenvalue weighted by molar-refractivity contribution is -0.131. The van der Waals surface area contributed by atoms with E-state index in [2.05, 4.69) is 11.2 Å². The van der Waals surface area contributed by atoms with E-state index >= 15 is 0 Å². The number of hydrogen-bond acceptors (Lipinski definition) is 3. The second-order valence-electron chi connectivity index (χ2n) is 8.23. The summed E-state index contributed by atoms with van der Waals surface area (Å²) in [5.74, 6) is -0.227. The first-order valence-electron chi connectivity index (χ1n) is 10.3. The minimum Gasteiger partial charge on any atom is -0.327 e. The molecule has 2 atom stereocenters. The molecule has 2 N–H and O–H groups in total. The number of hydrogen-bond donors (Lipinski definition) is 1. The molecule has 0 spiro atoms. The Labute approximate surface area is 179 Å². The molecule has 5 rings (SSSR count). The molecule has 0 saturated carbocycles. The van der Waals surface area contributed by atoms with Crippen LogP contribution in [0.4, 0.5) is 4.39 Å². The lowest BCUT2D eigenvalue weighted by Gasteiger charge is -2.38. The smallest absolute Gasteiger partial charge is 0.225 e. The van der Waals surface area contributed by atoms with E-state index in [0.717, 1.165) is 27.7 Å². The van der Waals surface area contributed by atoms with Gasteiger partial charge in [-0.25, -0.2) is 9.07 Å². The summed E-state index contributed by atoms with van der Waals surface area (Å²) in [4.78, 5) is 14.7. The van der Waals surface area contributed by atoms with Crippen LogP contribution in [0.15, 0.2) is 79.0 Å². The number of benzene rings is 3. The molecule has 0 unspecified atom stereocenters. The van der Waals surface area contributed by atoms with Crippen LogP contribution in [0, 0.1) is 5.82 Å².